The van der Waals surface area contributed by atoms with Gasteiger partial charge in [0.05, 0.1) is 18.2 Å². The summed E-state index contributed by atoms with van der Waals surface area (Å²) in [6.45, 7) is 3.56. The summed E-state index contributed by atoms with van der Waals surface area (Å²) in [7, 11) is 1.33. The molecule has 0 spiro atoms. The highest BCUT2D eigenvalue weighted by Gasteiger charge is 2.24. The number of hydrazone groups is 1. The van der Waals surface area contributed by atoms with E-state index in [-0.39, 0.29) is 17.4 Å². The van der Waals surface area contributed by atoms with E-state index in [9.17, 15) is 19.7 Å². The summed E-state index contributed by atoms with van der Waals surface area (Å²) in [6, 6.07) is 9.71. The molecule has 2 amide bonds. The molecule has 0 aromatic heterocycles. The Morgan fingerprint density at radius 3 is 2.43 bits per heavy atom. The van der Waals surface area contributed by atoms with E-state index in [2.05, 4.69) is 15.8 Å². The number of nitro groups is 1. The number of nitro benzene ring substituents is 1. The number of ether oxygens (including phenoxy) is 1. The Morgan fingerprint density at radius 2 is 1.87 bits per heavy atom. The summed E-state index contributed by atoms with van der Waals surface area (Å²) in [5, 5.41) is 18.1. The van der Waals surface area contributed by atoms with E-state index in [4.69, 9.17) is 16.3 Å². The van der Waals surface area contributed by atoms with Crippen molar-refractivity contribution >= 4 is 35.3 Å². The Morgan fingerprint density at radius 1 is 1.20 bits per heavy atom. The van der Waals surface area contributed by atoms with Crippen LogP contribution in [0.4, 0.5) is 5.69 Å². The van der Waals surface area contributed by atoms with Gasteiger partial charge in [-0.2, -0.15) is 5.10 Å². The van der Waals surface area contributed by atoms with Gasteiger partial charge >= 0.3 is 5.69 Å². The lowest BCUT2D eigenvalue weighted by Crippen LogP contribution is -2.48. The first kappa shape index (κ1) is 22.8. The molecule has 10 heteroatoms. The molecule has 158 valence electrons. The fourth-order valence-corrected chi connectivity index (χ4v) is 2.66. The van der Waals surface area contributed by atoms with Crippen LogP contribution in [0.15, 0.2) is 47.6 Å². The zero-order valence-electron chi connectivity index (χ0n) is 16.6. The number of hydrogen-bond acceptors (Lipinski definition) is 6. The van der Waals surface area contributed by atoms with Gasteiger partial charge in [-0.3, -0.25) is 19.7 Å². The summed E-state index contributed by atoms with van der Waals surface area (Å²) in [5.41, 5.74) is 2.89. The van der Waals surface area contributed by atoms with Crippen molar-refractivity contribution < 1.29 is 19.2 Å². The Bertz CT molecular complexity index is 960. The topological polar surface area (TPSA) is 123 Å². The molecule has 0 bridgehead atoms. The third kappa shape index (κ3) is 6.02. The maximum atomic E-state index is 12.5. The van der Waals surface area contributed by atoms with E-state index in [0.29, 0.717) is 16.1 Å². The maximum Gasteiger partial charge on any atom is 0.311 e. The van der Waals surface area contributed by atoms with Crippen molar-refractivity contribution in [3.05, 3.63) is 68.7 Å². The highest BCUT2D eigenvalue weighted by molar-refractivity contribution is 6.30. The minimum absolute atomic E-state index is 0.117. The van der Waals surface area contributed by atoms with Gasteiger partial charge < -0.3 is 10.1 Å². The zero-order chi connectivity index (χ0) is 22.3. The monoisotopic (exact) mass is 432 g/mol. The van der Waals surface area contributed by atoms with Crippen molar-refractivity contribution in [2.45, 2.75) is 19.9 Å². The molecule has 0 heterocycles. The van der Waals surface area contributed by atoms with Crippen molar-refractivity contribution in [3.8, 4) is 5.75 Å². The molecule has 1 atom stereocenters. The molecule has 2 rings (SSSR count). The molecule has 9 nitrogen and oxygen atoms in total. The number of amides is 2. The number of methoxy groups -OCH3 is 1. The van der Waals surface area contributed by atoms with Gasteiger partial charge in [-0.25, -0.2) is 5.43 Å². The predicted octanol–water partition coefficient (Wildman–Crippen LogP) is 3.16. The molecule has 0 saturated heterocycles. The zero-order valence-corrected chi connectivity index (χ0v) is 17.3. The molecule has 0 saturated carbocycles. The minimum atomic E-state index is -0.837. The lowest BCUT2D eigenvalue weighted by atomic mass is 10.0. The molecule has 2 N–H and O–H groups in total. The lowest BCUT2D eigenvalue weighted by molar-refractivity contribution is -0.385. The number of hydrogen-bond donors (Lipinski definition) is 2. The van der Waals surface area contributed by atoms with E-state index in [1.807, 2.05) is 0 Å². The van der Waals surface area contributed by atoms with Crippen molar-refractivity contribution in [3.63, 3.8) is 0 Å². The first-order chi connectivity index (χ1) is 14.2. The van der Waals surface area contributed by atoms with Crippen molar-refractivity contribution in [1.29, 1.82) is 0 Å². The van der Waals surface area contributed by atoms with Gasteiger partial charge in [0.25, 0.3) is 11.8 Å². The molecule has 0 aliphatic rings. The van der Waals surface area contributed by atoms with E-state index in [1.54, 1.807) is 44.2 Å². The fourth-order valence-electron chi connectivity index (χ4n) is 2.53. The standard InChI is InChI=1S/C20H21ClN4O5/c1-12(2)18(23-19(26)14-5-7-15(21)8-6-14)20(27)24-22-11-13-4-9-17(30-3)16(10-13)25(28)29/h4-12,18H,1-3H3,(H,23,26)(H,24,27)/b22-11-. The van der Waals surface area contributed by atoms with Gasteiger partial charge in [0.1, 0.15) is 6.04 Å². The number of carbonyl (C=O) groups is 2. The SMILES string of the molecule is COc1ccc(/C=N\NC(=O)C(NC(=O)c2ccc(Cl)cc2)C(C)C)cc1[N+](=O)[O-]. The van der Waals surface area contributed by atoms with Gasteiger partial charge in [0.2, 0.25) is 0 Å². The highest BCUT2D eigenvalue weighted by atomic mass is 35.5. The van der Waals surface area contributed by atoms with Crippen LogP contribution < -0.4 is 15.5 Å². The number of halogens is 1. The first-order valence-electron chi connectivity index (χ1n) is 8.94. The number of rotatable bonds is 8. The summed E-state index contributed by atoms with van der Waals surface area (Å²) in [6.07, 6.45) is 1.27. The smallest absolute Gasteiger partial charge is 0.311 e. The Balaban J connectivity index is 2.06. The Hall–Kier alpha value is -3.46. The van der Waals surface area contributed by atoms with Crippen LogP contribution in [0.2, 0.25) is 5.02 Å². The molecule has 0 radical (unpaired) electrons. The maximum absolute atomic E-state index is 12.5. The second kappa shape index (κ2) is 10.4. The van der Waals surface area contributed by atoms with Crippen molar-refractivity contribution in [2.24, 2.45) is 11.0 Å². The largest absolute Gasteiger partial charge is 0.490 e. The van der Waals surface area contributed by atoms with Gasteiger partial charge in [0, 0.05) is 22.2 Å². The predicted molar refractivity (Wildman–Crippen MR) is 113 cm³/mol. The number of benzene rings is 2. The quantitative estimate of drug-likeness (QED) is 0.376. The van der Waals surface area contributed by atoms with Crippen LogP contribution in [0.5, 0.6) is 5.75 Å². The summed E-state index contributed by atoms with van der Waals surface area (Å²) >= 11 is 5.82. The van der Waals surface area contributed by atoms with Crippen LogP contribution in [0.25, 0.3) is 0 Å². The lowest BCUT2D eigenvalue weighted by Gasteiger charge is -2.20. The Kier molecular flexibility index (Phi) is 7.88. The number of nitrogens with zero attached hydrogens (tertiary/aromatic N) is 2. The Labute approximate surface area is 178 Å². The van der Waals surface area contributed by atoms with Crippen molar-refractivity contribution in [1.82, 2.24) is 10.7 Å². The molecule has 2 aromatic rings. The van der Waals surface area contributed by atoms with Gasteiger partial charge in [0.15, 0.2) is 5.75 Å². The summed E-state index contributed by atoms with van der Waals surface area (Å²) in [5.74, 6) is -1.04. The molecule has 0 aliphatic heterocycles. The van der Waals surface area contributed by atoms with Gasteiger partial charge in [-0.05, 0) is 42.3 Å². The van der Waals surface area contributed by atoms with E-state index < -0.39 is 22.8 Å². The average Bonchev–Trinajstić information content (AvgIpc) is 2.71. The molecule has 2 aromatic carbocycles. The number of carbonyl (C=O) groups excluding carboxylic acids is 2. The second-order valence-electron chi connectivity index (χ2n) is 6.62. The van der Waals surface area contributed by atoms with Crippen LogP contribution >= 0.6 is 11.6 Å². The van der Waals surface area contributed by atoms with Crippen LogP contribution in [0.1, 0.15) is 29.8 Å². The molecular formula is C20H21ClN4O5. The normalized spacial score (nSPS) is 11.9. The molecule has 0 fully saturated rings. The van der Waals surface area contributed by atoms with Crippen molar-refractivity contribution in [2.75, 3.05) is 7.11 Å². The van der Waals surface area contributed by atoms with Crippen LogP contribution in [0.3, 0.4) is 0 Å². The van der Waals surface area contributed by atoms with E-state index >= 15 is 0 Å². The fraction of sp³-hybridized carbons (Fsp3) is 0.250. The third-order valence-electron chi connectivity index (χ3n) is 4.13. The first-order valence-corrected chi connectivity index (χ1v) is 9.32. The molecule has 30 heavy (non-hydrogen) atoms. The van der Waals surface area contributed by atoms with E-state index in [1.165, 1.54) is 25.5 Å². The average molecular weight is 433 g/mol. The minimum Gasteiger partial charge on any atom is -0.490 e. The second-order valence-corrected chi connectivity index (χ2v) is 7.06. The van der Waals surface area contributed by atoms with Gasteiger partial charge in [-0.1, -0.05) is 25.4 Å². The van der Waals surface area contributed by atoms with E-state index in [0.717, 1.165) is 0 Å². The number of nitrogens with one attached hydrogen (secondary N) is 2. The van der Waals surface area contributed by atoms with Crippen LogP contribution in [-0.4, -0.2) is 36.1 Å². The summed E-state index contributed by atoms with van der Waals surface area (Å²) in [4.78, 5) is 35.4. The molecular weight excluding hydrogens is 412 g/mol. The van der Waals surface area contributed by atoms with Gasteiger partial charge in [-0.15, -0.1) is 0 Å². The molecule has 1 unspecified atom stereocenters. The third-order valence-corrected chi connectivity index (χ3v) is 4.38. The molecule has 0 aliphatic carbocycles. The van der Waals surface area contributed by atoms with Crippen LogP contribution in [-0.2, 0) is 4.79 Å². The highest BCUT2D eigenvalue weighted by Crippen LogP contribution is 2.26. The summed E-state index contributed by atoms with van der Waals surface area (Å²) < 4.78 is 4.94. The van der Waals surface area contributed by atoms with Crippen LogP contribution in [0, 0.1) is 16.0 Å².